The smallest absolute Gasteiger partial charge is 0.276 e. The van der Waals surface area contributed by atoms with Crippen LogP contribution in [0.15, 0.2) is 66.0 Å². The van der Waals surface area contributed by atoms with Gasteiger partial charge in [0.2, 0.25) is 0 Å². The Labute approximate surface area is 188 Å². The van der Waals surface area contributed by atoms with E-state index < -0.39 is 5.91 Å². The molecule has 3 N–H and O–H groups in total. The van der Waals surface area contributed by atoms with Crippen LogP contribution in [-0.2, 0) is 0 Å². The van der Waals surface area contributed by atoms with Gasteiger partial charge >= 0.3 is 0 Å². The van der Waals surface area contributed by atoms with E-state index in [9.17, 15) is 9.59 Å². The molecule has 0 radical (unpaired) electrons. The van der Waals surface area contributed by atoms with Crippen molar-refractivity contribution in [3.05, 3.63) is 77.3 Å². The summed E-state index contributed by atoms with van der Waals surface area (Å²) in [4.78, 5) is 26.3. The Kier molecular flexibility index (Phi) is 6.18. The van der Waals surface area contributed by atoms with Crippen LogP contribution >= 0.6 is 11.3 Å². The molecule has 2 heterocycles. The molecule has 162 valence electrons. The van der Waals surface area contributed by atoms with Crippen LogP contribution in [0.4, 0.5) is 11.4 Å². The molecular formula is C23H20N4O4S. The third-order valence-corrected chi connectivity index (χ3v) is 5.55. The van der Waals surface area contributed by atoms with Crippen molar-refractivity contribution in [1.29, 1.82) is 0 Å². The Morgan fingerprint density at radius 3 is 2.12 bits per heavy atom. The number of nitrogens with zero attached hydrogens (tertiary/aromatic N) is 1. The first-order valence-electron chi connectivity index (χ1n) is 9.62. The number of hydrogen-bond acceptors (Lipinski definition) is 6. The van der Waals surface area contributed by atoms with E-state index in [1.165, 1.54) is 14.2 Å². The summed E-state index contributed by atoms with van der Waals surface area (Å²) in [6.45, 7) is 0. The molecule has 0 atom stereocenters. The number of benzene rings is 2. The molecule has 4 rings (SSSR count). The predicted octanol–water partition coefficient (Wildman–Crippen LogP) is 4.66. The lowest BCUT2D eigenvalue weighted by molar-refractivity contribution is 0.101. The largest absolute Gasteiger partial charge is 0.494 e. The summed E-state index contributed by atoms with van der Waals surface area (Å²) in [5.74, 6) is 0.0223. The zero-order chi connectivity index (χ0) is 22.5. The Bertz CT molecular complexity index is 1240. The lowest BCUT2D eigenvalue weighted by Crippen LogP contribution is -2.15. The molecule has 0 aliphatic heterocycles. The van der Waals surface area contributed by atoms with Crippen LogP contribution in [-0.4, -0.2) is 36.2 Å². The molecule has 0 saturated heterocycles. The van der Waals surface area contributed by atoms with E-state index in [1.54, 1.807) is 53.8 Å². The summed E-state index contributed by atoms with van der Waals surface area (Å²) in [5, 5.41) is 14.5. The minimum Gasteiger partial charge on any atom is -0.494 e. The second-order valence-electron chi connectivity index (χ2n) is 6.67. The number of hydrogen-bond donors (Lipinski definition) is 3. The first kappa shape index (κ1) is 21.1. The van der Waals surface area contributed by atoms with Gasteiger partial charge in [0, 0.05) is 17.7 Å². The molecule has 2 amide bonds. The summed E-state index contributed by atoms with van der Waals surface area (Å²) in [6, 6.07) is 17.5. The lowest BCUT2D eigenvalue weighted by Gasteiger charge is -2.16. The van der Waals surface area contributed by atoms with Gasteiger partial charge in [0.05, 0.1) is 36.2 Å². The van der Waals surface area contributed by atoms with Crippen molar-refractivity contribution < 1.29 is 19.1 Å². The van der Waals surface area contributed by atoms with Crippen LogP contribution < -0.4 is 20.1 Å². The number of amides is 2. The highest BCUT2D eigenvalue weighted by Gasteiger charge is 2.18. The van der Waals surface area contributed by atoms with Gasteiger partial charge in [0.25, 0.3) is 11.8 Å². The molecule has 2 aromatic carbocycles. The lowest BCUT2D eigenvalue weighted by atomic mass is 10.2. The number of carbonyl (C=O) groups is 2. The maximum atomic E-state index is 12.8. The summed E-state index contributed by atoms with van der Waals surface area (Å²) in [7, 11) is 2.95. The fourth-order valence-corrected chi connectivity index (χ4v) is 3.75. The molecular weight excluding hydrogens is 428 g/mol. The minimum atomic E-state index is -0.412. The zero-order valence-electron chi connectivity index (χ0n) is 17.3. The molecule has 32 heavy (non-hydrogen) atoms. The van der Waals surface area contributed by atoms with Crippen LogP contribution in [0, 0.1) is 0 Å². The van der Waals surface area contributed by atoms with E-state index in [2.05, 4.69) is 20.8 Å². The van der Waals surface area contributed by atoms with Crippen LogP contribution in [0.1, 0.15) is 20.8 Å². The van der Waals surface area contributed by atoms with Crippen molar-refractivity contribution in [3.8, 4) is 22.1 Å². The number of anilines is 2. The molecule has 8 nitrogen and oxygen atoms in total. The molecule has 9 heteroatoms. The number of nitrogens with one attached hydrogen (secondary N) is 3. The third-order valence-electron chi connectivity index (χ3n) is 4.65. The molecule has 4 aromatic rings. The number of rotatable bonds is 7. The van der Waals surface area contributed by atoms with Crippen molar-refractivity contribution in [2.24, 2.45) is 0 Å². The molecule has 0 aliphatic carbocycles. The molecule has 0 spiro atoms. The monoisotopic (exact) mass is 448 g/mol. The molecule has 0 saturated carbocycles. The normalized spacial score (nSPS) is 10.4. The maximum absolute atomic E-state index is 12.8. The van der Waals surface area contributed by atoms with Gasteiger partial charge < -0.3 is 20.1 Å². The van der Waals surface area contributed by atoms with E-state index >= 15 is 0 Å². The van der Waals surface area contributed by atoms with Crippen LogP contribution in [0.5, 0.6) is 11.5 Å². The number of thiophene rings is 1. The SMILES string of the molecule is COc1cc(NC(=O)c2cc(-c3cccs3)[nH]n2)c(OC)cc1NC(=O)c1ccccc1. The van der Waals surface area contributed by atoms with Crippen LogP contribution in [0.25, 0.3) is 10.6 Å². The van der Waals surface area contributed by atoms with Gasteiger partial charge in [-0.05, 0) is 29.6 Å². The molecule has 2 aromatic heterocycles. The predicted molar refractivity (Wildman–Crippen MR) is 124 cm³/mol. The second-order valence-corrected chi connectivity index (χ2v) is 7.62. The molecule has 0 unspecified atom stereocenters. The van der Waals surface area contributed by atoms with E-state index in [-0.39, 0.29) is 11.6 Å². The molecule has 0 fully saturated rings. The number of H-pyrrole nitrogens is 1. The zero-order valence-corrected chi connectivity index (χ0v) is 18.2. The molecule has 0 aliphatic rings. The number of aromatic nitrogens is 2. The van der Waals surface area contributed by atoms with E-state index in [1.807, 2.05) is 23.6 Å². The summed E-state index contributed by atoms with van der Waals surface area (Å²) >= 11 is 1.55. The van der Waals surface area contributed by atoms with Gasteiger partial charge in [-0.25, -0.2) is 0 Å². The first-order chi connectivity index (χ1) is 15.6. The van der Waals surface area contributed by atoms with Crippen LogP contribution in [0.3, 0.4) is 0 Å². The standard InChI is InChI=1S/C23H20N4O4S/c1-30-19-13-16(25-23(29)18-11-17(26-27-18)21-9-6-10-32-21)20(31-2)12-15(19)24-22(28)14-7-4-3-5-8-14/h3-13H,1-2H3,(H,24,28)(H,25,29)(H,26,27). The van der Waals surface area contributed by atoms with Crippen LogP contribution in [0.2, 0.25) is 0 Å². The molecule has 0 bridgehead atoms. The highest BCUT2D eigenvalue weighted by Crippen LogP contribution is 2.37. The Balaban J connectivity index is 1.56. The summed E-state index contributed by atoms with van der Waals surface area (Å²) < 4.78 is 10.8. The van der Waals surface area contributed by atoms with Gasteiger partial charge in [0.1, 0.15) is 11.5 Å². The third kappa shape index (κ3) is 4.47. The second kappa shape index (κ2) is 9.36. The Hall–Kier alpha value is -4.11. The van der Waals surface area contributed by atoms with Gasteiger partial charge in [-0.15, -0.1) is 11.3 Å². The highest BCUT2D eigenvalue weighted by atomic mass is 32.1. The topological polar surface area (TPSA) is 105 Å². The van der Waals surface area contributed by atoms with E-state index in [0.717, 1.165) is 10.6 Å². The fraction of sp³-hybridized carbons (Fsp3) is 0.0870. The number of ether oxygens (including phenoxy) is 2. The number of aromatic amines is 1. The number of methoxy groups -OCH3 is 2. The average Bonchev–Trinajstić information content (AvgIpc) is 3.52. The van der Waals surface area contributed by atoms with Crippen molar-refractivity contribution in [2.45, 2.75) is 0 Å². The summed E-state index contributed by atoms with van der Waals surface area (Å²) in [5.41, 5.74) is 2.29. The van der Waals surface area contributed by atoms with Crippen molar-refractivity contribution in [3.63, 3.8) is 0 Å². The highest BCUT2D eigenvalue weighted by molar-refractivity contribution is 7.13. The van der Waals surface area contributed by atoms with Gasteiger partial charge in [0.15, 0.2) is 5.69 Å². The first-order valence-corrected chi connectivity index (χ1v) is 10.5. The van der Waals surface area contributed by atoms with Crippen molar-refractivity contribution in [2.75, 3.05) is 24.9 Å². The van der Waals surface area contributed by atoms with Gasteiger partial charge in [-0.3, -0.25) is 14.7 Å². The average molecular weight is 449 g/mol. The van der Waals surface area contributed by atoms with E-state index in [0.29, 0.717) is 28.4 Å². The fourth-order valence-electron chi connectivity index (χ4n) is 3.06. The Morgan fingerprint density at radius 2 is 1.53 bits per heavy atom. The van der Waals surface area contributed by atoms with Gasteiger partial charge in [-0.1, -0.05) is 24.3 Å². The quantitative estimate of drug-likeness (QED) is 0.381. The van der Waals surface area contributed by atoms with Crippen molar-refractivity contribution >= 4 is 34.5 Å². The Morgan fingerprint density at radius 1 is 0.875 bits per heavy atom. The maximum Gasteiger partial charge on any atom is 0.276 e. The minimum absolute atomic E-state index is 0.232. The summed E-state index contributed by atoms with van der Waals surface area (Å²) in [6.07, 6.45) is 0. The van der Waals surface area contributed by atoms with Crippen molar-refractivity contribution in [1.82, 2.24) is 10.2 Å². The van der Waals surface area contributed by atoms with E-state index in [4.69, 9.17) is 9.47 Å². The number of carbonyl (C=O) groups excluding carboxylic acids is 2. The van der Waals surface area contributed by atoms with Gasteiger partial charge in [-0.2, -0.15) is 5.10 Å².